The van der Waals surface area contributed by atoms with Crippen molar-refractivity contribution in [3.63, 3.8) is 0 Å². The third kappa shape index (κ3) is 4.27. The molecular weight excluding hydrogens is 638 g/mol. The fourth-order valence-corrected chi connectivity index (χ4v) is 12.5. The normalized spacial score (nSPS) is 47.4. The zero-order valence-corrected chi connectivity index (χ0v) is 29.2. The highest BCUT2D eigenvalue weighted by Crippen LogP contribution is 2.80. The Morgan fingerprint density at radius 1 is 0.857 bits per heavy atom. The van der Waals surface area contributed by atoms with Crippen molar-refractivity contribution in [2.75, 3.05) is 48.1 Å². The number of hydrogen-bond acceptors (Lipinski definition) is 13. The van der Waals surface area contributed by atoms with Gasteiger partial charge >= 0.3 is 17.9 Å². The molecule has 3 unspecified atom stereocenters. The van der Waals surface area contributed by atoms with E-state index in [1.807, 2.05) is 6.92 Å². The summed E-state index contributed by atoms with van der Waals surface area (Å²) in [6, 6.07) is 8.11. The summed E-state index contributed by atoms with van der Waals surface area (Å²) in [6.07, 6.45) is -5.22. The minimum Gasteiger partial charge on any atom is -0.462 e. The molecule has 49 heavy (non-hydrogen) atoms. The number of ether oxygens (including phenoxy) is 7. The summed E-state index contributed by atoms with van der Waals surface area (Å²) >= 11 is 0. The van der Waals surface area contributed by atoms with Gasteiger partial charge in [0.15, 0.2) is 6.10 Å². The molecular formula is C36H49NO12. The lowest BCUT2D eigenvalue weighted by Crippen LogP contribution is -2.81. The van der Waals surface area contributed by atoms with Crippen molar-refractivity contribution in [1.29, 1.82) is 0 Å². The molecule has 7 rings (SSSR count). The van der Waals surface area contributed by atoms with Crippen molar-refractivity contribution < 1.29 is 57.8 Å². The van der Waals surface area contributed by atoms with Crippen LogP contribution in [0.15, 0.2) is 30.3 Å². The molecule has 1 saturated heterocycles. The van der Waals surface area contributed by atoms with Crippen molar-refractivity contribution in [3.8, 4) is 0 Å². The lowest BCUT2D eigenvalue weighted by Gasteiger charge is -2.70. The average molecular weight is 688 g/mol. The number of benzene rings is 1. The first-order valence-electron chi connectivity index (χ1n) is 17.2. The lowest BCUT2D eigenvalue weighted by molar-refractivity contribution is -0.322. The maximum atomic E-state index is 13.8. The zero-order valence-electron chi connectivity index (χ0n) is 29.2. The molecule has 5 aliphatic carbocycles. The number of carbonyl (C=O) groups excluding carboxylic acids is 3. The first-order valence-corrected chi connectivity index (χ1v) is 17.2. The molecule has 13 heteroatoms. The van der Waals surface area contributed by atoms with Gasteiger partial charge in [0.25, 0.3) is 0 Å². The van der Waals surface area contributed by atoms with Crippen LogP contribution in [0.5, 0.6) is 0 Å². The van der Waals surface area contributed by atoms with E-state index in [1.54, 1.807) is 51.7 Å². The van der Waals surface area contributed by atoms with Gasteiger partial charge in [-0.3, -0.25) is 14.5 Å². The highest BCUT2D eigenvalue weighted by molar-refractivity contribution is 5.89. The Hall–Kier alpha value is -2.65. The Morgan fingerprint density at radius 3 is 2.12 bits per heavy atom. The number of methoxy groups -OCH3 is 4. The Kier molecular flexibility index (Phi) is 8.49. The van der Waals surface area contributed by atoms with Gasteiger partial charge in [-0.25, -0.2) is 4.79 Å². The molecule has 270 valence electrons. The lowest BCUT2D eigenvalue weighted by atomic mass is 9.42. The number of likely N-dealkylation sites (tertiary alicyclic amines) is 1. The molecule has 0 amide bonds. The topological polar surface area (TPSA) is 160 Å². The van der Waals surface area contributed by atoms with Gasteiger partial charge in [0.2, 0.25) is 0 Å². The second kappa shape index (κ2) is 12.0. The maximum Gasteiger partial charge on any atom is 0.338 e. The van der Waals surface area contributed by atoms with E-state index in [4.69, 9.17) is 33.2 Å². The van der Waals surface area contributed by atoms with Crippen molar-refractivity contribution >= 4 is 17.9 Å². The zero-order chi connectivity index (χ0) is 35.3. The van der Waals surface area contributed by atoms with Crippen LogP contribution in [0.4, 0.5) is 0 Å². The van der Waals surface area contributed by atoms with E-state index in [1.165, 1.54) is 21.0 Å². The molecule has 0 radical (unpaired) electrons. The summed E-state index contributed by atoms with van der Waals surface area (Å²) in [5.41, 5.74) is -5.09. The number of hydrogen-bond donors (Lipinski definition) is 2. The molecule has 6 fully saturated rings. The molecule has 1 aromatic carbocycles. The summed E-state index contributed by atoms with van der Waals surface area (Å²) < 4.78 is 43.4. The monoisotopic (exact) mass is 687 g/mol. The van der Waals surface area contributed by atoms with Crippen molar-refractivity contribution in [2.45, 2.75) is 87.5 Å². The van der Waals surface area contributed by atoms with Gasteiger partial charge in [0, 0.05) is 89.9 Å². The van der Waals surface area contributed by atoms with Crippen LogP contribution >= 0.6 is 0 Å². The van der Waals surface area contributed by atoms with Crippen LogP contribution in [0.1, 0.15) is 44.0 Å². The third-order valence-corrected chi connectivity index (χ3v) is 13.4. The van der Waals surface area contributed by atoms with Gasteiger partial charge in [0.05, 0.1) is 24.4 Å². The summed E-state index contributed by atoms with van der Waals surface area (Å²) in [4.78, 5) is 41.6. The van der Waals surface area contributed by atoms with Crippen LogP contribution in [0.3, 0.4) is 0 Å². The molecule has 15 atom stereocenters. The molecule has 7 bridgehead atoms. The van der Waals surface area contributed by atoms with Gasteiger partial charge in [0.1, 0.15) is 29.5 Å². The predicted molar refractivity (Wildman–Crippen MR) is 170 cm³/mol. The van der Waals surface area contributed by atoms with E-state index in [-0.39, 0.29) is 19.1 Å². The van der Waals surface area contributed by atoms with E-state index < -0.39 is 100 Å². The largest absolute Gasteiger partial charge is 0.462 e. The first-order chi connectivity index (χ1) is 23.4. The number of fused-ring (bicyclic) bond motifs is 2. The first kappa shape index (κ1) is 34.8. The van der Waals surface area contributed by atoms with Crippen LogP contribution in [0.25, 0.3) is 0 Å². The summed E-state index contributed by atoms with van der Waals surface area (Å²) in [5, 5.41) is 26.6. The molecule has 13 nitrogen and oxygen atoms in total. The highest BCUT2D eigenvalue weighted by Gasteiger charge is 2.92. The van der Waals surface area contributed by atoms with Crippen LogP contribution in [-0.2, 0) is 42.7 Å². The smallest absolute Gasteiger partial charge is 0.338 e. The number of piperidine rings is 1. The Balaban J connectivity index is 1.51. The van der Waals surface area contributed by atoms with Gasteiger partial charge < -0.3 is 43.4 Å². The second-order valence-electron chi connectivity index (χ2n) is 15.0. The molecule has 1 heterocycles. The number of nitrogens with zero attached hydrogens (tertiary/aromatic N) is 1. The Morgan fingerprint density at radius 2 is 1.55 bits per heavy atom. The number of esters is 3. The Labute approximate surface area is 286 Å². The molecule has 5 saturated carbocycles. The predicted octanol–water partition coefficient (Wildman–Crippen LogP) is 1.22. The summed E-state index contributed by atoms with van der Waals surface area (Å²) in [7, 11) is 6.26. The van der Waals surface area contributed by atoms with Crippen LogP contribution in [0, 0.1) is 34.5 Å². The van der Waals surface area contributed by atoms with Crippen LogP contribution < -0.4 is 0 Å². The molecule has 1 aliphatic heterocycles. The van der Waals surface area contributed by atoms with E-state index in [0.717, 1.165) is 0 Å². The fraction of sp³-hybridized carbons (Fsp3) is 0.750. The van der Waals surface area contributed by atoms with Crippen molar-refractivity contribution in [2.24, 2.45) is 34.5 Å². The van der Waals surface area contributed by atoms with Gasteiger partial charge in [-0.2, -0.15) is 0 Å². The second-order valence-corrected chi connectivity index (χ2v) is 15.0. The fourth-order valence-electron chi connectivity index (χ4n) is 12.5. The number of aliphatic hydroxyl groups is 2. The molecule has 2 N–H and O–H groups in total. The molecule has 1 spiro atoms. The number of carbonyl (C=O) groups is 3. The van der Waals surface area contributed by atoms with Crippen molar-refractivity contribution in [3.05, 3.63) is 35.9 Å². The highest BCUT2D eigenvalue weighted by atomic mass is 16.6. The molecule has 0 aromatic heterocycles. The van der Waals surface area contributed by atoms with E-state index in [9.17, 15) is 24.6 Å². The van der Waals surface area contributed by atoms with E-state index in [0.29, 0.717) is 25.1 Å². The van der Waals surface area contributed by atoms with Gasteiger partial charge in [-0.15, -0.1) is 0 Å². The quantitative estimate of drug-likeness (QED) is 0.267. The SMILES string of the molecule is CCN1C[C@]2(COC)[C@H](OC(C)=O)C[C@H](OC)C34C1C([C@H](OC)[C@@H]32)[C@]1(O)[C@@H]2[C@H]4C[C@@](O)([C@@H]2OC(=O)c2ccccc2)[C@@H](OC)[C@@H]1OC(C)=O. The summed E-state index contributed by atoms with van der Waals surface area (Å²) in [6.45, 7) is 5.96. The van der Waals surface area contributed by atoms with Crippen LogP contribution in [0.2, 0.25) is 0 Å². The van der Waals surface area contributed by atoms with Gasteiger partial charge in [-0.1, -0.05) is 25.1 Å². The standard InChI is InChI=1S/C36H49NO12/c1-8-37-16-33(17-43-4)22(47-18(2)38)14-23(44-5)35-21-15-34(41)29(49-32(40)20-12-10-9-11-13-20)24(21)36(42,31(30(34)46-7)48-19(3)39)25(28(35)37)26(45-6)27(33)35/h9-13,21-31,41-42H,8,14-17H2,1-7H3/t21-,22-,23+,24-,25?,26+,27-,28?,29-,30+,31+,33+,34-,35?,36-/m1/s1. The minimum absolute atomic E-state index is 0.0534. The van der Waals surface area contributed by atoms with E-state index >= 15 is 0 Å². The van der Waals surface area contributed by atoms with Crippen molar-refractivity contribution in [1.82, 2.24) is 4.90 Å². The molecule has 1 aromatic rings. The van der Waals surface area contributed by atoms with E-state index in [2.05, 4.69) is 4.90 Å². The number of rotatable bonds is 10. The average Bonchev–Trinajstić information content (AvgIpc) is 3.45. The third-order valence-electron chi connectivity index (χ3n) is 13.4. The Bertz CT molecular complexity index is 1480. The van der Waals surface area contributed by atoms with Gasteiger partial charge in [-0.05, 0) is 31.0 Å². The minimum atomic E-state index is -1.90. The summed E-state index contributed by atoms with van der Waals surface area (Å²) in [5.74, 6) is -4.34. The molecule has 6 aliphatic rings. The maximum absolute atomic E-state index is 13.8. The van der Waals surface area contributed by atoms with Crippen LogP contribution in [-0.4, -0.2) is 135 Å².